The number of alkyl halides is 3. The summed E-state index contributed by atoms with van der Waals surface area (Å²) in [5.41, 5.74) is 7.97. The Hall–Kier alpha value is -4.48. The predicted octanol–water partition coefficient (Wildman–Crippen LogP) is 4.88. The van der Waals surface area contributed by atoms with Crippen molar-refractivity contribution in [2.45, 2.75) is 40.0 Å². The molecule has 196 valence electrons. The van der Waals surface area contributed by atoms with Crippen LogP contribution in [0.2, 0.25) is 0 Å². The molecule has 0 unspecified atom stereocenters. The summed E-state index contributed by atoms with van der Waals surface area (Å²) in [6.45, 7) is 6.77. The van der Waals surface area contributed by atoms with Gasteiger partial charge in [-0.2, -0.15) is 23.4 Å². The first-order chi connectivity index (χ1) is 18.0. The molecule has 0 radical (unpaired) electrons. The van der Waals surface area contributed by atoms with Gasteiger partial charge in [0.2, 0.25) is 0 Å². The quantitative estimate of drug-likeness (QED) is 0.340. The van der Waals surface area contributed by atoms with Crippen molar-refractivity contribution < 1.29 is 18.0 Å². The van der Waals surface area contributed by atoms with Crippen LogP contribution in [-0.4, -0.2) is 47.8 Å². The number of hydrogen-bond acceptors (Lipinski definition) is 6. The summed E-state index contributed by atoms with van der Waals surface area (Å²) in [6.07, 6.45) is -2.96. The summed E-state index contributed by atoms with van der Waals surface area (Å²) in [5.74, 6) is -0.503. The number of fused-ring (bicyclic) bond motifs is 2. The molecule has 0 aliphatic carbocycles. The molecule has 0 saturated carbocycles. The van der Waals surface area contributed by atoms with E-state index in [4.69, 9.17) is 5.73 Å². The number of benzene rings is 2. The number of anilines is 1. The topological polar surface area (TPSA) is 119 Å². The Morgan fingerprint density at radius 1 is 1.13 bits per heavy atom. The van der Waals surface area contributed by atoms with E-state index < -0.39 is 17.6 Å². The highest BCUT2D eigenvalue weighted by Crippen LogP contribution is 2.38. The average molecular weight is 523 g/mol. The van der Waals surface area contributed by atoms with E-state index in [2.05, 4.69) is 25.3 Å². The molecule has 0 aliphatic rings. The van der Waals surface area contributed by atoms with E-state index in [9.17, 15) is 18.0 Å². The molecule has 0 atom stereocenters. The second kappa shape index (κ2) is 9.12. The van der Waals surface area contributed by atoms with Gasteiger partial charge in [0.15, 0.2) is 11.6 Å². The zero-order chi connectivity index (χ0) is 27.4. The molecule has 38 heavy (non-hydrogen) atoms. The zero-order valence-electron chi connectivity index (χ0n) is 21.2. The van der Waals surface area contributed by atoms with E-state index in [1.54, 1.807) is 25.4 Å². The van der Waals surface area contributed by atoms with E-state index in [1.165, 1.54) is 11.0 Å². The van der Waals surface area contributed by atoms with Crippen LogP contribution in [-0.2, 0) is 19.3 Å². The van der Waals surface area contributed by atoms with Crippen LogP contribution in [0.5, 0.6) is 0 Å². The van der Waals surface area contributed by atoms with Crippen molar-refractivity contribution in [3.8, 4) is 11.4 Å². The highest BCUT2D eigenvalue weighted by atomic mass is 19.4. The molecule has 0 fully saturated rings. The van der Waals surface area contributed by atoms with Gasteiger partial charge in [-0.05, 0) is 45.0 Å². The van der Waals surface area contributed by atoms with Crippen molar-refractivity contribution in [1.82, 2.24) is 34.8 Å². The lowest BCUT2D eigenvalue weighted by atomic mass is 10.0. The van der Waals surface area contributed by atoms with Crippen molar-refractivity contribution in [3.63, 3.8) is 0 Å². The number of rotatable bonds is 5. The van der Waals surface area contributed by atoms with Crippen LogP contribution in [0.3, 0.4) is 0 Å². The van der Waals surface area contributed by atoms with Crippen LogP contribution in [0, 0.1) is 13.8 Å². The SMILES string of the molecule is CCn1ncc(CN(C)C(=O)c2nc(-c3cc(C(F)(F)F)c4[nH]nc(N)c4c3)nc3ccc(C)cc23)c1C. The number of halogens is 3. The molecule has 9 nitrogen and oxygen atoms in total. The minimum atomic E-state index is -4.68. The fraction of sp³-hybridized carbons (Fsp3) is 0.269. The lowest BCUT2D eigenvalue weighted by Gasteiger charge is -2.18. The Kier molecular flexibility index (Phi) is 6.04. The first-order valence-corrected chi connectivity index (χ1v) is 11.9. The summed E-state index contributed by atoms with van der Waals surface area (Å²) in [4.78, 5) is 24.2. The van der Waals surface area contributed by atoms with Crippen LogP contribution in [0.4, 0.5) is 19.0 Å². The first kappa shape index (κ1) is 25.2. The van der Waals surface area contributed by atoms with E-state index >= 15 is 0 Å². The van der Waals surface area contributed by atoms with Crippen molar-refractivity contribution in [3.05, 3.63) is 64.6 Å². The van der Waals surface area contributed by atoms with Gasteiger partial charge in [-0.25, -0.2) is 9.97 Å². The standard InChI is InChI=1S/C26H25F3N8O/c1-5-37-14(3)16(11-31-37)12-36(4)25(38)22-17-8-13(2)6-7-20(17)32-24(33-22)15-9-18-21(34-35-23(18)30)19(10-15)26(27,28)29/h6-11H,5,12H2,1-4H3,(H3,30,34,35). The second-order valence-electron chi connectivity index (χ2n) is 9.20. The second-order valence-corrected chi connectivity index (χ2v) is 9.20. The van der Waals surface area contributed by atoms with Gasteiger partial charge >= 0.3 is 6.18 Å². The van der Waals surface area contributed by atoms with Gasteiger partial charge < -0.3 is 10.6 Å². The third-order valence-electron chi connectivity index (χ3n) is 6.58. The van der Waals surface area contributed by atoms with Crippen molar-refractivity contribution in [2.24, 2.45) is 0 Å². The van der Waals surface area contributed by atoms with Crippen LogP contribution >= 0.6 is 0 Å². The van der Waals surface area contributed by atoms with Crippen molar-refractivity contribution in [2.75, 3.05) is 12.8 Å². The Bertz CT molecular complexity index is 1700. The predicted molar refractivity (Wildman–Crippen MR) is 137 cm³/mol. The van der Waals surface area contributed by atoms with E-state index in [0.717, 1.165) is 22.9 Å². The van der Waals surface area contributed by atoms with Gasteiger partial charge in [0.1, 0.15) is 5.69 Å². The molecule has 3 heterocycles. The number of amides is 1. The number of nitrogens with one attached hydrogen (secondary N) is 1. The monoisotopic (exact) mass is 522 g/mol. The van der Waals surface area contributed by atoms with Crippen molar-refractivity contribution in [1.29, 1.82) is 0 Å². The highest BCUT2D eigenvalue weighted by molar-refractivity contribution is 6.05. The molecule has 2 aromatic carbocycles. The molecule has 3 aromatic heterocycles. The largest absolute Gasteiger partial charge is 0.418 e. The minimum Gasteiger partial charge on any atom is -0.382 e. The number of aromatic nitrogens is 6. The zero-order valence-corrected chi connectivity index (χ0v) is 21.2. The molecule has 5 aromatic rings. The molecule has 0 aliphatic heterocycles. The number of aryl methyl sites for hydroxylation is 2. The lowest BCUT2D eigenvalue weighted by molar-refractivity contribution is -0.136. The number of H-pyrrole nitrogens is 1. The highest BCUT2D eigenvalue weighted by Gasteiger charge is 2.35. The maximum Gasteiger partial charge on any atom is 0.418 e. The summed E-state index contributed by atoms with van der Waals surface area (Å²) >= 11 is 0. The fourth-order valence-electron chi connectivity index (χ4n) is 4.50. The van der Waals surface area contributed by atoms with Gasteiger partial charge in [0.05, 0.1) is 22.8 Å². The number of hydrogen-bond donors (Lipinski definition) is 2. The van der Waals surface area contributed by atoms with E-state index in [0.29, 0.717) is 17.4 Å². The Morgan fingerprint density at radius 2 is 1.89 bits per heavy atom. The number of nitrogen functional groups attached to an aromatic ring is 1. The molecule has 3 N–H and O–H groups in total. The van der Waals surface area contributed by atoms with E-state index in [1.807, 2.05) is 31.5 Å². The molecular formula is C26H25F3N8O. The molecule has 1 amide bonds. The van der Waals surface area contributed by atoms with Crippen LogP contribution in [0.25, 0.3) is 33.2 Å². The number of carbonyl (C=O) groups excluding carboxylic acids is 1. The van der Waals surface area contributed by atoms with Crippen LogP contribution in [0.1, 0.15) is 39.8 Å². The molecule has 0 bridgehead atoms. The Balaban J connectivity index is 1.65. The Labute approximate surface area is 215 Å². The smallest absolute Gasteiger partial charge is 0.382 e. The maximum absolute atomic E-state index is 13.9. The number of nitrogens with zero attached hydrogens (tertiary/aromatic N) is 6. The van der Waals surface area contributed by atoms with Gasteiger partial charge in [-0.3, -0.25) is 14.6 Å². The third kappa shape index (κ3) is 4.31. The minimum absolute atomic E-state index is 0.0268. The van der Waals surface area contributed by atoms with Gasteiger partial charge in [-0.1, -0.05) is 11.6 Å². The summed E-state index contributed by atoms with van der Waals surface area (Å²) in [6, 6.07) is 7.71. The van der Waals surface area contributed by atoms with Gasteiger partial charge in [-0.15, -0.1) is 0 Å². The normalized spacial score (nSPS) is 12.0. The van der Waals surface area contributed by atoms with Gasteiger partial charge in [0, 0.05) is 47.7 Å². The van der Waals surface area contributed by atoms with Crippen molar-refractivity contribution >= 4 is 33.5 Å². The fourth-order valence-corrected chi connectivity index (χ4v) is 4.50. The maximum atomic E-state index is 13.9. The Morgan fingerprint density at radius 3 is 2.58 bits per heavy atom. The lowest BCUT2D eigenvalue weighted by Crippen LogP contribution is -2.28. The number of nitrogens with two attached hydrogens (primary N) is 1. The average Bonchev–Trinajstić information content (AvgIpc) is 3.43. The molecule has 0 spiro atoms. The van der Waals surface area contributed by atoms with E-state index in [-0.39, 0.29) is 40.3 Å². The number of aromatic amines is 1. The molecule has 0 saturated heterocycles. The summed E-state index contributed by atoms with van der Waals surface area (Å²) in [5, 5.41) is 11.0. The van der Waals surface area contributed by atoms with Crippen LogP contribution < -0.4 is 5.73 Å². The van der Waals surface area contributed by atoms with Crippen LogP contribution in [0.15, 0.2) is 36.5 Å². The summed E-state index contributed by atoms with van der Waals surface area (Å²) in [7, 11) is 1.65. The third-order valence-corrected chi connectivity index (χ3v) is 6.58. The molecule has 5 rings (SSSR count). The molecular weight excluding hydrogens is 497 g/mol. The number of carbonyl (C=O) groups is 1. The molecule has 12 heteroatoms. The first-order valence-electron chi connectivity index (χ1n) is 11.9. The summed E-state index contributed by atoms with van der Waals surface area (Å²) < 4.78 is 43.5. The van der Waals surface area contributed by atoms with Gasteiger partial charge in [0.25, 0.3) is 5.91 Å².